The molecular formula is C23H24FN5O4S2. The lowest BCUT2D eigenvalue weighted by atomic mass is 10.1. The summed E-state index contributed by atoms with van der Waals surface area (Å²) < 4.78 is 43.5. The van der Waals surface area contributed by atoms with E-state index in [0.29, 0.717) is 66.6 Å². The number of nitrogens with zero attached hydrogens (tertiary/aromatic N) is 3. The van der Waals surface area contributed by atoms with Gasteiger partial charge < -0.3 is 15.0 Å². The third-order valence-electron chi connectivity index (χ3n) is 5.15. The molecule has 0 bridgehead atoms. The van der Waals surface area contributed by atoms with Crippen LogP contribution in [0.2, 0.25) is 0 Å². The van der Waals surface area contributed by atoms with E-state index in [1.54, 1.807) is 42.6 Å². The van der Waals surface area contributed by atoms with Crippen LogP contribution in [0.25, 0.3) is 11.3 Å². The molecule has 2 aromatic carbocycles. The van der Waals surface area contributed by atoms with Crippen molar-refractivity contribution >= 4 is 49.9 Å². The largest absolute Gasteiger partial charge is 0.378 e. The average molecular weight is 518 g/mol. The smallest absolute Gasteiger partial charge is 0.229 e. The summed E-state index contributed by atoms with van der Waals surface area (Å²) in [7, 11) is -3.36. The average Bonchev–Trinajstić information content (AvgIpc) is 2.84. The molecular weight excluding hydrogens is 493 g/mol. The predicted molar refractivity (Wildman–Crippen MR) is 137 cm³/mol. The molecule has 0 atom stereocenters. The van der Waals surface area contributed by atoms with Crippen LogP contribution in [0.5, 0.6) is 0 Å². The van der Waals surface area contributed by atoms with Crippen LogP contribution in [0.1, 0.15) is 10.4 Å². The van der Waals surface area contributed by atoms with Gasteiger partial charge in [-0.25, -0.2) is 22.8 Å². The number of aromatic nitrogens is 2. The molecule has 0 saturated carbocycles. The number of sulfonamides is 1. The Hall–Kier alpha value is -3.22. The van der Waals surface area contributed by atoms with Gasteiger partial charge in [0.15, 0.2) is 0 Å². The Morgan fingerprint density at radius 2 is 1.83 bits per heavy atom. The van der Waals surface area contributed by atoms with Crippen LogP contribution in [0.3, 0.4) is 0 Å². The molecule has 2 N–H and O–H groups in total. The van der Waals surface area contributed by atoms with E-state index in [9.17, 15) is 17.6 Å². The van der Waals surface area contributed by atoms with Crippen molar-refractivity contribution in [3.63, 3.8) is 0 Å². The van der Waals surface area contributed by atoms with Crippen LogP contribution in [0.4, 0.5) is 27.4 Å². The summed E-state index contributed by atoms with van der Waals surface area (Å²) in [6.45, 7) is 2.43. The number of carbonyl (C=O) groups excluding carboxylic acids is 1. The number of benzene rings is 2. The van der Waals surface area contributed by atoms with Gasteiger partial charge in [-0.15, -0.1) is 0 Å². The SMILES string of the molecule is CS(=O)(=O)Nc1ccc(-c2ccnc(Nc3ccc(N4CCOCC4)c(C(=O)SCF)c3)n2)cc1. The Morgan fingerprint density at radius 3 is 2.51 bits per heavy atom. The topological polar surface area (TPSA) is 114 Å². The minimum absolute atomic E-state index is 0.316. The second-order valence-corrected chi connectivity index (χ2v) is 10.3. The Bertz CT molecular complexity index is 1300. The lowest BCUT2D eigenvalue weighted by Crippen LogP contribution is -2.37. The fourth-order valence-corrected chi connectivity index (χ4v) is 4.60. The highest BCUT2D eigenvalue weighted by Crippen LogP contribution is 2.30. The molecule has 2 heterocycles. The molecule has 1 aliphatic heterocycles. The third kappa shape index (κ3) is 6.68. The maximum absolute atomic E-state index is 12.9. The lowest BCUT2D eigenvalue weighted by molar-refractivity contribution is 0.108. The number of hydrogen-bond donors (Lipinski definition) is 2. The molecule has 1 fully saturated rings. The van der Waals surface area contributed by atoms with Crippen LogP contribution in [0.15, 0.2) is 54.7 Å². The third-order valence-corrected chi connectivity index (χ3v) is 6.35. The van der Waals surface area contributed by atoms with Gasteiger partial charge in [-0.3, -0.25) is 9.52 Å². The van der Waals surface area contributed by atoms with Crippen LogP contribution < -0.4 is 14.9 Å². The van der Waals surface area contributed by atoms with Gasteiger partial charge in [0.25, 0.3) is 0 Å². The molecule has 1 aliphatic rings. The van der Waals surface area contributed by atoms with Crippen LogP contribution >= 0.6 is 11.8 Å². The summed E-state index contributed by atoms with van der Waals surface area (Å²) in [4.78, 5) is 23.5. The summed E-state index contributed by atoms with van der Waals surface area (Å²) in [6, 6.07) is 13.1. The minimum atomic E-state index is -3.36. The van der Waals surface area contributed by atoms with Crippen molar-refractivity contribution in [2.24, 2.45) is 0 Å². The molecule has 3 aromatic rings. The van der Waals surface area contributed by atoms with Crippen LogP contribution in [0, 0.1) is 0 Å². The monoisotopic (exact) mass is 517 g/mol. The minimum Gasteiger partial charge on any atom is -0.378 e. The number of hydrogen-bond acceptors (Lipinski definition) is 9. The molecule has 9 nitrogen and oxygen atoms in total. The number of morpholine rings is 1. The van der Waals surface area contributed by atoms with E-state index in [0.717, 1.165) is 17.5 Å². The quantitative estimate of drug-likeness (QED) is 0.459. The summed E-state index contributed by atoms with van der Waals surface area (Å²) >= 11 is 0.616. The van der Waals surface area contributed by atoms with E-state index in [4.69, 9.17) is 4.74 Å². The van der Waals surface area contributed by atoms with E-state index >= 15 is 0 Å². The Kier molecular flexibility index (Phi) is 7.83. The summed E-state index contributed by atoms with van der Waals surface area (Å²) in [5.41, 5.74) is 3.59. The fraction of sp³-hybridized carbons (Fsp3) is 0.261. The van der Waals surface area contributed by atoms with Gasteiger partial charge in [0.1, 0.15) is 6.01 Å². The van der Waals surface area contributed by atoms with Crippen LogP contribution in [-0.4, -0.2) is 62.1 Å². The maximum atomic E-state index is 12.9. The highest BCUT2D eigenvalue weighted by Gasteiger charge is 2.20. The molecule has 0 aliphatic carbocycles. The van der Waals surface area contributed by atoms with Gasteiger partial charge >= 0.3 is 0 Å². The molecule has 0 unspecified atom stereocenters. The normalized spacial score (nSPS) is 13.9. The van der Waals surface area contributed by atoms with Crippen molar-refractivity contribution in [2.75, 3.05) is 53.5 Å². The first kappa shape index (κ1) is 24.9. The number of rotatable bonds is 8. The summed E-state index contributed by atoms with van der Waals surface area (Å²) in [6.07, 6.45) is 2.69. The molecule has 184 valence electrons. The van der Waals surface area contributed by atoms with Crippen molar-refractivity contribution in [1.29, 1.82) is 0 Å². The Balaban J connectivity index is 1.56. The first-order chi connectivity index (χ1) is 16.8. The number of halogens is 1. The maximum Gasteiger partial charge on any atom is 0.229 e. The highest BCUT2D eigenvalue weighted by molar-refractivity contribution is 8.14. The van der Waals surface area contributed by atoms with Crippen molar-refractivity contribution in [3.05, 3.63) is 60.3 Å². The first-order valence-corrected chi connectivity index (χ1v) is 13.6. The molecule has 35 heavy (non-hydrogen) atoms. The van der Waals surface area contributed by atoms with Gasteiger partial charge in [0.2, 0.25) is 21.1 Å². The van der Waals surface area contributed by atoms with Gasteiger partial charge in [-0.2, -0.15) is 0 Å². The molecule has 1 saturated heterocycles. The van der Waals surface area contributed by atoms with E-state index in [2.05, 4.69) is 24.9 Å². The van der Waals surface area contributed by atoms with Gasteiger partial charge in [0, 0.05) is 41.9 Å². The number of anilines is 4. The zero-order chi connectivity index (χ0) is 24.8. The Morgan fingerprint density at radius 1 is 1.11 bits per heavy atom. The molecule has 4 rings (SSSR count). The van der Waals surface area contributed by atoms with E-state index in [1.807, 2.05) is 12.1 Å². The zero-order valence-electron chi connectivity index (χ0n) is 18.9. The van der Waals surface area contributed by atoms with Gasteiger partial charge in [-0.1, -0.05) is 12.1 Å². The highest BCUT2D eigenvalue weighted by atomic mass is 32.2. The molecule has 0 radical (unpaired) electrons. The van der Waals surface area contributed by atoms with E-state index < -0.39 is 16.0 Å². The van der Waals surface area contributed by atoms with Crippen molar-refractivity contribution in [2.45, 2.75) is 0 Å². The second-order valence-electron chi connectivity index (χ2n) is 7.71. The number of carbonyl (C=O) groups is 1. The number of nitrogens with one attached hydrogen (secondary N) is 2. The van der Waals surface area contributed by atoms with E-state index in [-0.39, 0.29) is 5.12 Å². The molecule has 1 aromatic heterocycles. The summed E-state index contributed by atoms with van der Waals surface area (Å²) in [5, 5.41) is 2.76. The lowest BCUT2D eigenvalue weighted by Gasteiger charge is -2.30. The first-order valence-electron chi connectivity index (χ1n) is 10.7. The zero-order valence-corrected chi connectivity index (χ0v) is 20.5. The number of thioether (sulfide) groups is 1. The number of ether oxygens (including phenoxy) is 1. The van der Waals surface area contributed by atoms with Crippen molar-refractivity contribution < 1.29 is 22.3 Å². The molecule has 0 spiro atoms. The Labute approximate surface area is 207 Å². The number of alkyl halides is 1. The second kappa shape index (κ2) is 11.0. The predicted octanol–water partition coefficient (Wildman–Crippen LogP) is 3.90. The summed E-state index contributed by atoms with van der Waals surface area (Å²) in [5.74, 6) is 0.316. The van der Waals surface area contributed by atoms with Crippen LogP contribution in [-0.2, 0) is 14.8 Å². The van der Waals surface area contributed by atoms with Crippen molar-refractivity contribution in [1.82, 2.24) is 9.97 Å². The molecule has 12 heteroatoms. The fourth-order valence-electron chi connectivity index (χ4n) is 3.62. The standard InChI is InChI=1S/C23H24FN5O4S2/c1-35(31,32)28-17-4-2-16(3-5-17)20-8-9-25-23(27-20)26-18-6-7-21(29-10-12-33-13-11-29)19(14-18)22(30)34-15-24/h2-9,14,28H,10-13,15H2,1H3,(H,25,26,27). The van der Waals surface area contributed by atoms with Gasteiger partial charge in [-0.05, 0) is 48.2 Å². The molecule has 0 amide bonds. The van der Waals surface area contributed by atoms with Gasteiger partial charge in [0.05, 0.1) is 30.7 Å². The van der Waals surface area contributed by atoms with E-state index in [1.165, 1.54) is 0 Å². The van der Waals surface area contributed by atoms with Crippen molar-refractivity contribution in [3.8, 4) is 11.3 Å².